The van der Waals surface area contributed by atoms with Gasteiger partial charge < -0.3 is 25.0 Å². The first kappa shape index (κ1) is 22.3. The van der Waals surface area contributed by atoms with Crippen LogP contribution in [0.3, 0.4) is 0 Å². The van der Waals surface area contributed by atoms with Gasteiger partial charge in [-0.1, -0.05) is 43.0 Å². The molecule has 6 heteroatoms. The summed E-state index contributed by atoms with van der Waals surface area (Å²) < 4.78 is 11.0. The number of hydrogen-bond acceptors (Lipinski definition) is 4. The Morgan fingerprint density at radius 2 is 1.86 bits per heavy atom. The Bertz CT molecular complexity index is 788. The Labute approximate surface area is 174 Å². The van der Waals surface area contributed by atoms with Crippen molar-refractivity contribution in [3.05, 3.63) is 72.3 Å². The number of methoxy groups -OCH3 is 1. The zero-order valence-electron chi connectivity index (χ0n) is 17.8. The Hall–Kier alpha value is -2.99. The summed E-state index contributed by atoms with van der Waals surface area (Å²) in [5.41, 5.74) is 2.28. The predicted octanol–water partition coefficient (Wildman–Crippen LogP) is 3.23. The minimum Gasteiger partial charge on any atom is -0.497 e. The van der Waals surface area contributed by atoms with Crippen molar-refractivity contribution in [1.29, 1.82) is 0 Å². The fraction of sp³-hybridized carbons (Fsp3) is 0.348. The summed E-state index contributed by atoms with van der Waals surface area (Å²) in [6, 6.07) is 16.3. The summed E-state index contributed by atoms with van der Waals surface area (Å²) >= 11 is 0. The zero-order chi connectivity index (χ0) is 21.1. The second kappa shape index (κ2) is 11.8. The number of benzene rings is 2. The Morgan fingerprint density at radius 1 is 1.14 bits per heavy atom. The summed E-state index contributed by atoms with van der Waals surface area (Å²) in [6.07, 6.45) is 1.74. The van der Waals surface area contributed by atoms with Crippen molar-refractivity contribution in [3.63, 3.8) is 0 Å². The number of nitrogens with zero attached hydrogens (tertiary/aromatic N) is 2. The third-order valence-electron chi connectivity index (χ3n) is 4.59. The molecule has 2 aromatic rings. The van der Waals surface area contributed by atoms with Gasteiger partial charge in [0, 0.05) is 25.7 Å². The molecule has 29 heavy (non-hydrogen) atoms. The van der Waals surface area contributed by atoms with Crippen molar-refractivity contribution in [3.8, 4) is 11.5 Å². The van der Waals surface area contributed by atoms with Crippen LogP contribution in [-0.2, 0) is 6.54 Å². The molecule has 0 fully saturated rings. The molecule has 0 spiro atoms. The fourth-order valence-corrected chi connectivity index (χ4v) is 2.96. The molecule has 0 aromatic heterocycles. The van der Waals surface area contributed by atoms with Crippen LogP contribution in [0.2, 0.25) is 0 Å². The van der Waals surface area contributed by atoms with Crippen molar-refractivity contribution in [2.24, 2.45) is 4.99 Å². The van der Waals surface area contributed by atoms with E-state index in [1.807, 2.05) is 36.4 Å². The number of aliphatic imine (C=N–C) groups is 1. The van der Waals surface area contributed by atoms with E-state index in [4.69, 9.17) is 9.47 Å². The number of likely N-dealkylation sites (N-methyl/N-ethyl adjacent to an activating group) is 1. The van der Waals surface area contributed by atoms with Crippen LogP contribution in [0, 0.1) is 0 Å². The van der Waals surface area contributed by atoms with E-state index in [2.05, 4.69) is 53.3 Å². The van der Waals surface area contributed by atoms with E-state index in [1.54, 1.807) is 20.2 Å². The monoisotopic (exact) mass is 396 g/mol. The van der Waals surface area contributed by atoms with E-state index in [0.717, 1.165) is 23.0 Å². The topological polar surface area (TPSA) is 58.1 Å². The molecule has 0 radical (unpaired) electrons. The van der Waals surface area contributed by atoms with Gasteiger partial charge in [0.1, 0.15) is 18.1 Å². The third kappa shape index (κ3) is 6.84. The minimum atomic E-state index is 0.197. The fourth-order valence-electron chi connectivity index (χ4n) is 2.96. The van der Waals surface area contributed by atoms with Crippen LogP contribution in [0.4, 0.5) is 0 Å². The van der Waals surface area contributed by atoms with Gasteiger partial charge in [0.15, 0.2) is 5.96 Å². The first-order valence-corrected chi connectivity index (χ1v) is 9.65. The smallest absolute Gasteiger partial charge is 0.191 e. The standard InChI is InChI=1S/C23H32N4O2/c1-6-15-29-22-10-8-7-9-19(22)16-25-23(24-2)26-17-21(27(3)4)18-11-13-20(28-5)14-12-18/h6-14,21H,1,15-17H2,2-5H3,(H2,24,25,26). The van der Waals surface area contributed by atoms with Crippen molar-refractivity contribution in [2.75, 3.05) is 41.4 Å². The van der Waals surface area contributed by atoms with E-state index < -0.39 is 0 Å². The third-order valence-corrected chi connectivity index (χ3v) is 4.59. The Kier molecular flexibility index (Phi) is 9.05. The second-order valence-electron chi connectivity index (χ2n) is 6.77. The van der Waals surface area contributed by atoms with Gasteiger partial charge in [0.05, 0.1) is 13.2 Å². The summed E-state index contributed by atoms with van der Waals surface area (Å²) in [4.78, 5) is 6.53. The minimum absolute atomic E-state index is 0.197. The maximum atomic E-state index is 5.72. The second-order valence-corrected chi connectivity index (χ2v) is 6.77. The summed E-state index contributed by atoms with van der Waals surface area (Å²) in [6.45, 7) is 5.51. The van der Waals surface area contributed by atoms with Crippen LogP contribution in [-0.4, -0.2) is 52.3 Å². The lowest BCUT2D eigenvalue weighted by atomic mass is 10.1. The van der Waals surface area contributed by atoms with Gasteiger partial charge in [-0.15, -0.1) is 0 Å². The van der Waals surface area contributed by atoms with E-state index >= 15 is 0 Å². The lowest BCUT2D eigenvalue weighted by molar-refractivity contribution is 0.298. The Balaban J connectivity index is 1.97. The van der Waals surface area contributed by atoms with E-state index in [-0.39, 0.29) is 6.04 Å². The molecule has 2 N–H and O–H groups in total. The first-order valence-electron chi connectivity index (χ1n) is 9.65. The van der Waals surface area contributed by atoms with Crippen LogP contribution >= 0.6 is 0 Å². The van der Waals surface area contributed by atoms with Crippen molar-refractivity contribution in [2.45, 2.75) is 12.6 Å². The molecule has 0 aliphatic rings. The van der Waals surface area contributed by atoms with Gasteiger partial charge in [-0.3, -0.25) is 4.99 Å². The SMILES string of the molecule is C=CCOc1ccccc1CNC(=NC)NCC(c1ccc(OC)cc1)N(C)C. The van der Waals surface area contributed by atoms with E-state index in [9.17, 15) is 0 Å². The van der Waals surface area contributed by atoms with Gasteiger partial charge in [-0.2, -0.15) is 0 Å². The molecule has 2 aromatic carbocycles. The average molecular weight is 397 g/mol. The number of hydrogen-bond donors (Lipinski definition) is 2. The molecule has 156 valence electrons. The lowest BCUT2D eigenvalue weighted by Gasteiger charge is -2.26. The molecule has 0 aliphatic heterocycles. The summed E-state index contributed by atoms with van der Waals surface area (Å²) in [5.74, 6) is 2.44. The van der Waals surface area contributed by atoms with E-state index in [0.29, 0.717) is 19.7 Å². The van der Waals surface area contributed by atoms with Crippen molar-refractivity contribution < 1.29 is 9.47 Å². The van der Waals surface area contributed by atoms with E-state index in [1.165, 1.54) is 5.56 Å². The van der Waals surface area contributed by atoms with Gasteiger partial charge in [0.25, 0.3) is 0 Å². The lowest BCUT2D eigenvalue weighted by Crippen LogP contribution is -2.41. The van der Waals surface area contributed by atoms with Crippen LogP contribution < -0.4 is 20.1 Å². The van der Waals surface area contributed by atoms with Gasteiger partial charge in [-0.25, -0.2) is 0 Å². The van der Waals surface area contributed by atoms with Crippen LogP contribution in [0.15, 0.2) is 66.2 Å². The maximum Gasteiger partial charge on any atom is 0.191 e. The highest BCUT2D eigenvalue weighted by Crippen LogP contribution is 2.21. The molecule has 0 bridgehead atoms. The molecular formula is C23H32N4O2. The van der Waals surface area contributed by atoms with Crippen molar-refractivity contribution >= 4 is 5.96 Å². The zero-order valence-corrected chi connectivity index (χ0v) is 17.8. The molecule has 0 saturated carbocycles. The van der Waals surface area contributed by atoms with Gasteiger partial charge >= 0.3 is 0 Å². The molecule has 1 unspecified atom stereocenters. The molecule has 0 aliphatic carbocycles. The van der Waals surface area contributed by atoms with Crippen LogP contribution in [0.5, 0.6) is 11.5 Å². The number of guanidine groups is 1. The largest absolute Gasteiger partial charge is 0.497 e. The molecule has 2 rings (SSSR count). The normalized spacial score (nSPS) is 12.4. The van der Waals surface area contributed by atoms with Crippen LogP contribution in [0.1, 0.15) is 17.2 Å². The molecule has 1 atom stereocenters. The highest BCUT2D eigenvalue weighted by molar-refractivity contribution is 5.79. The molecule has 0 amide bonds. The van der Waals surface area contributed by atoms with Crippen LogP contribution in [0.25, 0.3) is 0 Å². The summed E-state index contributed by atoms with van der Waals surface area (Å²) in [7, 11) is 7.59. The predicted molar refractivity (Wildman–Crippen MR) is 120 cm³/mol. The maximum absolute atomic E-state index is 5.72. The van der Waals surface area contributed by atoms with Crippen molar-refractivity contribution in [1.82, 2.24) is 15.5 Å². The first-order chi connectivity index (χ1) is 14.1. The van der Waals surface area contributed by atoms with Gasteiger partial charge in [-0.05, 0) is 37.9 Å². The molecule has 6 nitrogen and oxygen atoms in total. The Morgan fingerprint density at radius 3 is 2.48 bits per heavy atom. The number of ether oxygens (including phenoxy) is 2. The molecular weight excluding hydrogens is 364 g/mol. The van der Waals surface area contributed by atoms with Gasteiger partial charge in [0.2, 0.25) is 0 Å². The molecule has 0 heterocycles. The number of rotatable bonds is 10. The average Bonchev–Trinajstić information content (AvgIpc) is 2.75. The number of para-hydroxylation sites is 1. The number of nitrogens with one attached hydrogen (secondary N) is 2. The highest BCUT2D eigenvalue weighted by atomic mass is 16.5. The highest BCUT2D eigenvalue weighted by Gasteiger charge is 2.15. The molecule has 0 saturated heterocycles. The summed E-state index contributed by atoms with van der Waals surface area (Å²) in [5, 5.41) is 6.78. The quantitative estimate of drug-likeness (QED) is 0.367.